The molecule has 0 rings (SSSR count). The third-order valence-electron chi connectivity index (χ3n) is 0.683. The largest absolute Gasteiger partial charge is 0.122 e. The Bertz CT molecular complexity index is 72.0. The molecule has 0 saturated heterocycles. The van der Waals surface area contributed by atoms with Gasteiger partial charge in [0.25, 0.3) is 0 Å². The summed E-state index contributed by atoms with van der Waals surface area (Å²) in [6.07, 6.45) is 2.03. The average molecular weight is 100 g/mol. The molecule has 0 nitrogen and oxygen atoms in total. The fraction of sp³-hybridized carbons (Fsp3) is 0.400. The van der Waals surface area contributed by atoms with E-state index in [9.17, 15) is 0 Å². The molecule has 0 saturated carbocycles. The first kappa shape index (κ1) is 5.91. The first-order valence-electron chi connectivity index (χ1n) is 1.94. The fourth-order valence-electron chi connectivity index (χ4n) is 0.0833. The fourth-order valence-corrected chi connectivity index (χ4v) is 0.250. The van der Waals surface area contributed by atoms with E-state index in [0.29, 0.717) is 0 Å². The Morgan fingerprint density at radius 3 is 2.17 bits per heavy atom. The molecule has 0 radical (unpaired) electrons. The summed E-state index contributed by atoms with van der Waals surface area (Å²) in [4.78, 5) is 0. The smallest absolute Gasteiger partial charge is 0.0393 e. The van der Waals surface area contributed by atoms with Crippen LogP contribution in [0.3, 0.4) is 0 Å². The van der Waals surface area contributed by atoms with Crippen molar-refractivity contribution in [2.75, 3.05) is 0 Å². The third-order valence-corrected chi connectivity index (χ3v) is 1.14. The summed E-state index contributed by atoms with van der Waals surface area (Å²) in [6.45, 7) is 4.04. The van der Waals surface area contributed by atoms with Gasteiger partial charge in [-0.3, -0.25) is 0 Å². The van der Waals surface area contributed by atoms with Gasteiger partial charge < -0.3 is 0 Å². The molecular weight excluding hydrogens is 91.0 g/mol. The minimum Gasteiger partial charge on any atom is -0.122 e. The zero-order valence-electron chi connectivity index (χ0n) is 4.15. The quantitative estimate of drug-likeness (QED) is 0.441. The maximum Gasteiger partial charge on any atom is -0.0393 e. The topological polar surface area (TPSA) is 0 Å². The summed E-state index contributed by atoms with van der Waals surface area (Å²) in [7, 11) is 3.22. The Hall–Kier alpha value is -0.0900. The van der Waals surface area contributed by atoms with Crippen molar-refractivity contribution in [3.8, 4) is 0 Å². The molecule has 0 heterocycles. The van der Waals surface area contributed by atoms with Crippen molar-refractivity contribution in [3.63, 3.8) is 0 Å². The van der Waals surface area contributed by atoms with Gasteiger partial charge in [0.1, 0.15) is 0 Å². The van der Waals surface area contributed by atoms with Crippen LogP contribution in [0, 0.1) is 0 Å². The number of hydrogen-bond acceptors (Lipinski definition) is 0. The summed E-state index contributed by atoms with van der Waals surface area (Å²) in [5.74, 6) is 1.89. The molecule has 0 aliphatic rings. The lowest BCUT2D eigenvalue weighted by Gasteiger charge is -1.77. The van der Waals surface area contributed by atoms with Gasteiger partial charge in [0.2, 0.25) is 0 Å². The first-order valence-corrected chi connectivity index (χ1v) is 2.52. The highest BCUT2D eigenvalue weighted by Crippen LogP contribution is 1.84. The monoisotopic (exact) mass is 100 g/mol. The molecule has 0 bridgehead atoms. The molecule has 0 fully saturated rings. The molecule has 0 aliphatic heterocycles. The van der Waals surface area contributed by atoms with Crippen LogP contribution in [0.5, 0.6) is 0 Å². The van der Waals surface area contributed by atoms with Crippen LogP contribution in [-0.2, 0) is 0 Å². The molecule has 34 valence electrons. The van der Waals surface area contributed by atoms with Gasteiger partial charge in [-0.1, -0.05) is 11.6 Å². The van der Waals surface area contributed by atoms with Gasteiger partial charge in [-0.2, -0.15) is 0 Å². The van der Waals surface area contributed by atoms with Crippen LogP contribution in [0.2, 0.25) is 0 Å². The molecule has 0 spiro atoms. The van der Waals surface area contributed by atoms with Gasteiger partial charge in [0.15, 0.2) is 0 Å². The van der Waals surface area contributed by atoms with Crippen LogP contribution in [0.25, 0.3) is 0 Å². The van der Waals surface area contributed by atoms with E-state index < -0.39 is 0 Å². The van der Waals surface area contributed by atoms with E-state index in [1.54, 1.807) is 0 Å². The van der Waals surface area contributed by atoms with E-state index in [0.717, 1.165) is 0 Å². The van der Waals surface area contributed by atoms with Crippen molar-refractivity contribution in [2.45, 2.75) is 13.8 Å². The third kappa shape index (κ3) is 2.17. The molecule has 6 heavy (non-hydrogen) atoms. The Balaban J connectivity index is 3.50. The Kier molecular flexibility index (Phi) is 3.07. The lowest BCUT2D eigenvalue weighted by molar-refractivity contribution is 1.57. The summed E-state index contributed by atoms with van der Waals surface area (Å²) < 4.78 is 0. The van der Waals surface area contributed by atoms with Gasteiger partial charge in [0, 0.05) is 0 Å². The minimum atomic E-state index is 1.26. The van der Waals surface area contributed by atoms with Crippen LogP contribution in [0.15, 0.2) is 11.6 Å². The molecule has 0 aromatic rings. The van der Waals surface area contributed by atoms with E-state index in [-0.39, 0.29) is 0 Å². The standard InChI is InChI=1S/C5H9P/c1-3-5(2)4-6/h3-4,6H,1-2H3/b5-3-. The molecule has 0 atom stereocenters. The van der Waals surface area contributed by atoms with E-state index in [1.807, 2.05) is 25.7 Å². The predicted molar refractivity (Wildman–Crippen MR) is 33.8 cm³/mol. The van der Waals surface area contributed by atoms with Gasteiger partial charge in [-0.05, 0) is 19.6 Å². The second-order valence-electron chi connectivity index (χ2n) is 1.18. The maximum atomic E-state index is 3.22. The minimum absolute atomic E-state index is 1.26. The Labute approximate surface area is 41.1 Å². The highest BCUT2D eigenvalue weighted by atomic mass is 31.0. The van der Waals surface area contributed by atoms with Crippen LogP contribution in [-0.4, -0.2) is 5.80 Å². The molecular formula is C5H9P. The zero-order valence-corrected chi connectivity index (χ0v) is 5.15. The number of allylic oxidation sites excluding steroid dienone is 2. The lowest BCUT2D eigenvalue weighted by Crippen LogP contribution is -1.65. The van der Waals surface area contributed by atoms with Crippen molar-refractivity contribution in [3.05, 3.63) is 11.6 Å². The van der Waals surface area contributed by atoms with Crippen LogP contribution < -0.4 is 0 Å². The predicted octanol–water partition coefficient (Wildman–Crippen LogP) is 1.90. The average Bonchev–Trinajstić information content (AvgIpc) is 1.65. The van der Waals surface area contributed by atoms with E-state index in [4.69, 9.17) is 0 Å². The van der Waals surface area contributed by atoms with Crippen molar-refractivity contribution in [1.29, 1.82) is 0 Å². The molecule has 0 aromatic heterocycles. The molecule has 0 N–H and O–H groups in total. The second kappa shape index (κ2) is 3.11. The lowest BCUT2D eigenvalue weighted by atomic mass is 10.3. The van der Waals surface area contributed by atoms with Crippen molar-refractivity contribution >= 4 is 14.7 Å². The SMILES string of the molecule is C/C=C(/C)C=P. The molecule has 1 heteroatoms. The van der Waals surface area contributed by atoms with Gasteiger partial charge >= 0.3 is 0 Å². The van der Waals surface area contributed by atoms with Crippen LogP contribution in [0.1, 0.15) is 13.8 Å². The highest BCUT2D eigenvalue weighted by Gasteiger charge is 1.67. The van der Waals surface area contributed by atoms with Gasteiger partial charge in [0.05, 0.1) is 0 Å². The van der Waals surface area contributed by atoms with Crippen molar-refractivity contribution in [1.82, 2.24) is 0 Å². The summed E-state index contributed by atoms with van der Waals surface area (Å²) in [6, 6.07) is 0. The molecule has 0 unspecified atom stereocenters. The maximum absolute atomic E-state index is 3.22. The van der Waals surface area contributed by atoms with Crippen molar-refractivity contribution < 1.29 is 0 Å². The number of hydrogen-bond donors (Lipinski definition) is 0. The van der Waals surface area contributed by atoms with Crippen molar-refractivity contribution in [2.24, 2.45) is 0 Å². The molecule has 0 amide bonds. The zero-order chi connectivity index (χ0) is 4.99. The molecule has 0 aliphatic carbocycles. The first-order chi connectivity index (χ1) is 2.81. The highest BCUT2D eigenvalue weighted by molar-refractivity contribution is 7.19. The van der Waals surface area contributed by atoms with Crippen LogP contribution in [0.4, 0.5) is 0 Å². The van der Waals surface area contributed by atoms with E-state index in [2.05, 4.69) is 8.86 Å². The van der Waals surface area contributed by atoms with Gasteiger partial charge in [-0.25, -0.2) is 0 Å². The second-order valence-corrected chi connectivity index (χ2v) is 1.47. The molecule has 0 aromatic carbocycles. The Morgan fingerprint density at radius 1 is 1.67 bits per heavy atom. The summed E-state index contributed by atoms with van der Waals surface area (Å²) in [5.41, 5.74) is 1.26. The summed E-state index contributed by atoms with van der Waals surface area (Å²) >= 11 is 0. The normalized spacial score (nSPS) is 11.3. The summed E-state index contributed by atoms with van der Waals surface area (Å²) in [5, 5.41) is 0. The number of rotatable bonds is 1. The van der Waals surface area contributed by atoms with Gasteiger partial charge in [-0.15, -0.1) is 8.86 Å². The van der Waals surface area contributed by atoms with E-state index in [1.165, 1.54) is 5.57 Å². The van der Waals surface area contributed by atoms with Crippen LogP contribution >= 0.6 is 8.86 Å². The Morgan fingerprint density at radius 2 is 2.17 bits per heavy atom. The van der Waals surface area contributed by atoms with E-state index >= 15 is 0 Å².